The normalized spacial score (nSPS) is 23.4. The Bertz CT molecular complexity index is 850. The highest BCUT2D eigenvalue weighted by Crippen LogP contribution is 2.24. The van der Waals surface area contributed by atoms with Crippen LogP contribution < -0.4 is 27.4 Å². The van der Waals surface area contributed by atoms with Crippen molar-refractivity contribution in [3.05, 3.63) is 29.8 Å². The zero-order chi connectivity index (χ0) is 24.4. The second-order valence-corrected chi connectivity index (χ2v) is 9.40. The molecular formula is C23H35N5O4S. The number of hydrogen-bond acceptors (Lipinski definition) is 6. The van der Waals surface area contributed by atoms with Crippen LogP contribution in [0, 0.1) is 5.92 Å². The van der Waals surface area contributed by atoms with E-state index in [9.17, 15) is 19.2 Å². The van der Waals surface area contributed by atoms with Gasteiger partial charge in [-0.1, -0.05) is 38.5 Å². The number of unbranched alkanes of at least 4 members (excludes halogenated alkanes) is 1. The lowest BCUT2D eigenvalue weighted by Gasteiger charge is -2.28. The van der Waals surface area contributed by atoms with Crippen molar-refractivity contribution in [1.82, 2.24) is 16.0 Å². The van der Waals surface area contributed by atoms with Crippen LogP contribution in [0.2, 0.25) is 0 Å². The monoisotopic (exact) mass is 477 g/mol. The van der Waals surface area contributed by atoms with E-state index in [-0.39, 0.29) is 24.0 Å². The lowest BCUT2D eigenvalue weighted by Crippen LogP contribution is -2.58. The predicted octanol–water partition coefficient (Wildman–Crippen LogP) is 0.450. The first-order valence-electron chi connectivity index (χ1n) is 11.4. The smallest absolute Gasteiger partial charge is 0.243 e. The Balaban J connectivity index is 2.39. The number of nitrogens with two attached hydrogens (primary N) is 2. The lowest BCUT2D eigenvalue weighted by atomic mass is 9.97. The number of nitrogens with one attached hydrogen (secondary N) is 3. The van der Waals surface area contributed by atoms with E-state index < -0.39 is 35.8 Å². The Kier molecular flexibility index (Phi) is 10.7. The third-order valence-electron chi connectivity index (χ3n) is 5.78. The van der Waals surface area contributed by atoms with Crippen LogP contribution in [0.4, 0.5) is 0 Å². The summed E-state index contributed by atoms with van der Waals surface area (Å²) in [5, 5.41) is 8.33. The summed E-state index contributed by atoms with van der Waals surface area (Å²) >= 11 is 1.35. The summed E-state index contributed by atoms with van der Waals surface area (Å²) in [7, 11) is 0. The molecule has 0 radical (unpaired) electrons. The zero-order valence-electron chi connectivity index (χ0n) is 19.3. The topological polar surface area (TPSA) is 156 Å². The number of rotatable bonds is 7. The molecule has 1 aromatic rings. The Morgan fingerprint density at radius 1 is 1.12 bits per heavy atom. The molecule has 1 aromatic carbocycles. The molecule has 0 aromatic heterocycles. The van der Waals surface area contributed by atoms with Crippen molar-refractivity contribution in [3.63, 3.8) is 0 Å². The van der Waals surface area contributed by atoms with E-state index in [1.54, 1.807) is 0 Å². The highest BCUT2D eigenvalue weighted by molar-refractivity contribution is 7.99. The summed E-state index contributed by atoms with van der Waals surface area (Å²) in [6, 6.07) is 4.77. The minimum Gasteiger partial charge on any atom is -0.368 e. The number of hydrogen-bond donors (Lipinski definition) is 5. The van der Waals surface area contributed by atoms with Crippen molar-refractivity contribution in [2.24, 2.45) is 17.4 Å². The average Bonchev–Trinajstić information content (AvgIpc) is 2.79. The fraction of sp³-hybridized carbons (Fsp3) is 0.565. The molecule has 0 spiro atoms. The van der Waals surface area contributed by atoms with Gasteiger partial charge < -0.3 is 27.4 Å². The molecule has 0 aliphatic carbocycles. The van der Waals surface area contributed by atoms with E-state index in [1.807, 2.05) is 38.1 Å². The van der Waals surface area contributed by atoms with Crippen molar-refractivity contribution < 1.29 is 19.2 Å². The molecule has 2 rings (SSSR count). The molecule has 33 heavy (non-hydrogen) atoms. The number of fused-ring (bicyclic) bond motifs is 1. The van der Waals surface area contributed by atoms with Gasteiger partial charge in [-0.25, -0.2) is 0 Å². The van der Waals surface area contributed by atoms with Gasteiger partial charge in [-0.15, -0.1) is 11.8 Å². The van der Waals surface area contributed by atoms with Gasteiger partial charge in [0, 0.05) is 10.6 Å². The van der Waals surface area contributed by atoms with Gasteiger partial charge in [0.1, 0.15) is 18.1 Å². The van der Waals surface area contributed by atoms with Crippen molar-refractivity contribution >= 4 is 35.4 Å². The minimum atomic E-state index is -0.924. The molecule has 182 valence electrons. The van der Waals surface area contributed by atoms with Crippen LogP contribution in [-0.2, 0) is 25.6 Å². The maximum atomic E-state index is 13.2. The summed E-state index contributed by atoms with van der Waals surface area (Å²) in [5.41, 5.74) is 11.9. The zero-order valence-corrected chi connectivity index (χ0v) is 20.1. The molecule has 10 heteroatoms. The molecular weight excluding hydrogens is 442 g/mol. The highest BCUT2D eigenvalue weighted by atomic mass is 32.2. The van der Waals surface area contributed by atoms with Gasteiger partial charge in [0.05, 0.1) is 6.42 Å². The van der Waals surface area contributed by atoms with Crippen LogP contribution in [0.5, 0.6) is 0 Å². The largest absolute Gasteiger partial charge is 0.368 e. The van der Waals surface area contributed by atoms with Gasteiger partial charge >= 0.3 is 0 Å². The SMILES string of the molecule is CCC(C)[C@@H]1NC(=O)Cc2ccccc2SC[C@@H](C(N)=O)NC(=O)[C@H](CCCCN)NC1=O. The molecule has 1 heterocycles. The maximum absolute atomic E-state index is 13.2. The van der Waals surface area contributed by atoms with E-state index in [1.165, 1.54) is 11.8 Å². The van der Waals surface area contributed by atoms with Crippen molar-refractivity contribution in [2.75, 3.05) is 12.3 Å². The summed E-state index contributed by atoms with van der Waals surface area (Å²) < 4.78 is 0. The fourth-order valence-electron chi connectivity index (χ4n) is 3.55. The van der Waals surface area contributed by atoms with Crippen molar-refractivity contribution in [3.8, 4) is 0 Å². The first-order chi connectivity index (χ1) is 15.8. The number of carbonyl (C=O) groups is 4. The molecule has 0 fully saturated rings. The number of carbonyl (C=O) groups excluding carboxylic acids is 4. The number of benzene rings is 1. The van der Waals surface area contributed by atoms with E-state index in [4.69, 9.17) is 11.5 Å². The number of thioether (sulfide) groups is 1. The molecule has 0 bridgehead atoms. The summed E-state index contributed by atoms with van der Waals surface area (Å²) in [6.45, 7) is 4.28. The quantitative estimate of drug-likeness (QED) is 0.359. The van der Waals surface area contributed by atoms with Crippen LogP contribution in [0.1, 0.15) is 45.1 Å². The van der Waals surface area contributed by atoms with Crippen molar-refractivity contribution in [1.29, 1.82) is 0 Å². The van der Waals surface area contributed by atoms with Crippen LogP contribution in [-0.4, -0.2) is 54.1 Å². The third kappa shape index (κ3) is 8.04. The second-order valence-electron chi connectivity index (χ2n) is 8.34. The number of primary amides is 1. The van der Waals surface area contributed by atoms with Crippen LogP contribution in [0.25, 0.3) is 0 Å². The minimum absolute atomic E-state index is 0.0942. The summed E-state index contributed by atoms with van der Waals surface area (Å²) in [4.78, 5) is 51.9. The lowest BCUT2D eigenvalue weighted by molar-refractivity contribution is -0.134. The van der Waals surface area contributed by atoms with Gasteiger partial charge in [-0.05, 0) is 43.4 Å². The Morgan fingerprint density at radius 3 is 2.52 bits per heavy atom. The van der Waals surface area contributed by atoms with Gasteiger partial charge in [-0.3, -0.25) is 19.2 Å². The third-order valence-corrected chi connectivity index (χ3v) is 6.99. The van der Waals surface area contributed by atoms with Gasteiger partial charge in [-0.2, -0.15) is 0 Å². The fourth-order valence-corrected chi connectivity index (χ4v) is 4.65. The summed E-state index contributed by atoms with van der Waals surface area (Å²) in [5.74, 6) is -1.79. The van der Waals surface area contributed by atoms with Crippen LogP contribution in [0.3, 0.4) is 0 Å². The number of amides is 4. The molecule has 4 atom stereocenters. The predicted molar refractivity (Wildman–Crippen MR) is 128 cm³/mol. The van der Waals surface area contributed by atoms with Gasteiger partial charge in [0.25, 0.3) is 0 Å². The van der Waals surface area contributed by atoms with Gasteiger partial charge in [0.2, 0.25) is 23.6 Å². The summed E-state index contributed by atoms with van der Waals surface area (Å²) in [6.07, 6.45) is 2.43. The first-order valence-corrected chi connectivity index (χ1v) is 12.4. The molecule has 7 N–H and O–H groups in total. The Hall–Kier alpha value is -2.59. The first kappa shape index (κ1) is 26.7. The molecule has 4 amide bonds. The Labute approximate surface area is 199 Å². The molecule has 1 aliphatic heterocycles. The van der Waals surface area contributed by atoms with Crippen molar-refractivity contribution in [2.45, 2.75) is 69.0 Å². The average molecular weight is 478 g/mol. The van der Waals surface area contributed by atoms with Crippen LogP contribution >= 0.6 is 11.8 Å². The molecule has 1 aliphatic rings. The highest BCUT2D eigenvalue weighted by Gasteiger charge is 2.31. The standard InChI is InChI=1S/C23H35N5O4S/c1-3-14(2)20-23(32)26-16(9-6-7-11-24)22(31)27-17(21(25)30)13-33-18-10-5-4-8-15(18)12-19(29)28-20/h4-5,8,10,14,16-17,20H,3,6-7,9,11-13,24H2,1-2H3,(H2,25,30)(H,26,32)(H,27,31)(H,28,29)/t14?,16-,17-,20-/m0/s1. The van der Waals surface area contributed by atoms with E-state index >= 15 is 0 Å². The molecule has 1 unspecified atom stereocenters. The van der Waals surface area contributed by atoms with E-state index in [0.717, 1.165) is 10.5 Å². The van der Waals surface area contributed by atoms with E-state index in [2.05, 4.69) is 16.0 Å². The molecule has 0 saturated heterocycles. The maximum Gasteiger partial charge on any atom is 0.243 e. The van der Waals surface area contributed by atoms with Crippen LogP contribution in [0.15, 0.2) is 29.2 Å². The van der Waals surface area contributed by atoms with Gasteiger partial charge in [0.15, 0.2) is 0 Å². The molecule has 0 saturated carbocycles. The Morgan fingerprint density at radius 2 is 1.85 bits per heavy atom. The molecule has 9 nitrogen and oxygen atoms in total. The van der Waals surface area contributed by atoms with E-state index in [0.29, 0.717) is 32.2 Å². The second kappa shape index (κ2) is 13.2.